The number of aryl methyl sites for hydroxylation is 2. The smallest absolute Gasteiger partial charge is 0.270 e. The van der Waals surface area contributed by atoms with E-state index in [0.717, 1.165) is 30.5 Å². The summed E-state index contributed by atoms with van der Waals surface area (Å²) >= 11 is 0. The van der Waals surface area contributed by atoms with Crippen LogP contribution in [-0.4, -0.2) is 25.7 Å². The standard InChI is InChI=1S/C20H21N5O/c26-20(18-11-10-16-8-4-5-9-17(16)23-18)24-19(12-25-14-21-13-22-25)15-6-2-1-3-7-15/h1-3,6-7,10-11,13-14,19H,4-5,8-9,12H2,(H,24,26)/t19-/m1/s1. The van der Waals surface area contributed by atoms with Gasteiger partial charge >= 0.3 is 0 Å². The molecular formula is C20H21N5O. The number of carbonyl (C=O) groups excluding carboxylic acids is 1. The summed E-state index contributed by atoms with van der Waals surface area (Å²) in [7, 11) is 0. The largest absolute Gasteiger partial charge is 0.342 e. The zero-order valence-electron chi connectivity index (χ0n) is 14.5. The van der Waals surface area contributed by atoms with E-state index in [1.54, 1.807) is 11.0 Å². The zero-order valence-corrected chi connectivity index (χ0v) is 14.5. The van der Waals surface area contributed by atoms with Crippen molar-refractivity contribution in [3.63, 3.8) is 0 Å². The highest BCUT2D eigenvalue weighted by molar-refractivity contribution is 5.92. The minimum atomic E-state index is -0.205. The van der Waals surface area contributed by atoms with E-state index >= 15 is 0 Å². The molecule has 2 heterocycles. The molecule has 0 unspecified atom stereocenters. The van der Waals surface area contributed by atoms with Gasteiger partial charge in [-0.25, -0.2) is 9.97 Å². The van der Waals surface area contributed by atoms with Crippen molar-refractivity contribution in [2.24, 2.45) is 0 Å². The third-order valence-corrected chi connectivity index (χ3v) is 4.75. The van der Waals surface area contributed by atoms with Crippen LogP contribution in [0.2, 0.25) is 0 Å². The summed E-state index contributed by atoms with van der Waals surface area (Å²) in [6, 6.07) is 13.6. The Morgan fingerprint density at radius 1 is 1.12 bits per heavy atom. The van der Waals surface area contributed by atoms with Gasteiger partial charge < -0.3 is 5.32 Å². The van der Waals surface area contributed by atoms with Gasteiger partial charge in [0.15, 0.2) is 0 Å². The number of hydrogen-bond acceptors (Lipinski definition) is 4. The van der Waals surface area contributed by atoms with Crippen molar-refractivity contribution in [1.29, 1.82) is 0 Å². The van der Waals surface area contributed by atoms with Gasteiger partial charge in [0.1, 0.15) is 18.3 Å². The average Bonchev–Trinajstić information content (AvgIpc) is 3.21. The first-order valence-corrected chi connectivity index (χ1v) is 8.96. The Morgan fingerprint density at radius 3 is 2.77 bits per heavy atom. The van der Waals surface area contributed by atoms with Crippen molar-refractivity contribution in [1.82, 2.24) is 25.1 Å². The highest BCUT2D eigenvalue weighted by Crippen LogP contribution is 2.20. The van der Waals surface area contributed by atoms with Crippen LogP contribution < -0.4 is 5.32 Å². The van der Waals surface area contributed by atoms with Gasteiger partial charge in [-0.05, 0) is 42.9 Å². The lowest BCUT2D eigenvalue weighted by molar-refractivity contribution is 0.0926. The van der Waals surface area contributed by atoms with E-state index in [2.05, 4.69) is 20.4 Å². The molecule has 0 fully saturated rings. The van der Waals surface area contributed by atoms with Gasteiger partial charge in [0.2, 0.25) is 0 Å². The van der Waals surface area contributed by atoms with Crippen molar-refractivity contribution in [3.05, 3.63) is 77.6 Å². The van der Waals surface area contributed by atoms with Crippen LogP contribution in [0.15, 0.2) is 55.1 Å². The summed E-state index contributed by atoms with van der Waals surface area (Å²) in [4.78, 5) is 21.4. The molecule has 132 valence electrons. The molecule has 1 aliphatic rings. The molecule has 4 rings (SSSR count). The van der Waals surface area contributed by atoms with Gasteiger partial charge in [-0.2, -0.15) is 5.10 Å². The van der Waals surface area contributed by atoms with Gasteiger partial charge in [-0.15, -0.1) is 0 Å². The molecule has 0 aliphatic heterocycles. The number of amides is 1. The summed E-state index contributed by atoms with van der Waals surface area (Å²) in [5.41, 5.74) is 3.84. The number of benzene rings is 1. The van der Waals surface area contributed by atoms with Crippen LogP contribution in [-0.2, 0) is 19.4 Å². The van der Waals surface area contributed by atoms with Crippen LogP contribution in [0.3, 0.4) is 0 Å². The molecule has 1 amide bonds. The van der Waals surface area contributed by atoms with Gasteiger partial charge in [-0.3, -0.25) is 9.48 Å². The Bertz CT molecular complexity index is 876. The van der Waals surface area contributed by atoms with Crippen molar-refractivity contribution in [2.75, 3.05) is 0 Å². The molecule has 0 saturated heterocycles. The molecule has 0 bridgehead atoms. The van der Waals surface area contributed by atoms with Crippen molar-refractivity contribution in [3.8, 4) is 0 Å². The average molecular weight is 347 g/mol. The van der Waals surface area contributed by atoms with Gasteiger partial charge in [0.25, 0.3) is 5.91 Å². The number of hydrogen-bond donors (Lipinski definition) is 1. The van der Waals surface area contributed by atoms with Crippen LogP contribution in [0.5, 0.6) is 0 Å². The maximum atomic E-state index is 12.8. The molecule has 2 aromatic heterocycles. The second-order valence-corrected chi connectivity index (χ2v) is 6.56. The Hall–Kier alpha value is -3.02. The molecule has 0 saturated carbocycles. The summed E-state index contributed by atoms with van der Waals surface area (Å²) in [6.07, 6.45) is 7.51. The Morgan fingerprint density at radius 2 is 1.96 bits per heavy atom. The number of fused-ring (bicyclic) bond motifs is 1. The number of pyridine rings is 1. The van der Waals surface area contributed by atoms with Crippen molar-refractivity contribution >= 4 is 5.91 Å². The molecule has 1 atom stereocenters. The Labute approximate surface area is 152 Å². The predicted octanol–water partition coefficient (Wildman–Crippen LogP) is 2.72. The van der Waals surface area contributed by atoms with E-state index in [0.29, 0.717) is 12.2 Å². The third-order valence-electron chi connectivity index (χ3n) is 4.75. The predicted molar refractivity (Wildman–Crippen MR) is 97.6 cm³/mol. The maximum Gasteiger partial charge on any atom is 0.270 e. The van der Waals surface area contributed by atoms with E-state index in [9.17, 15) is 4.79 Å². The van der Waals surface area contributed by atoms with Crippen molar-refractivity contribution < 1.29 is 4.79 Å². The lowest BCUT2D eigenvalue weighted by atomic mass is 9.96. The first kappa shape index (κ1) is 16.4. The second kappa shape index (κ2) is 7.47. The van der Waals surface area contributed by atoms with Gasteiger partial charge in [0.05, 0.1) is 12.6 Å². The summed E-state index contributed by atoms with van der Waals surface area (Å²) in [6.45, 7) is 0.515. The zero-order chi connectivity index (χ0) is 17.8. The topological polar surface area (TPSA) is 72.7 Å². The number of aromatic nitrogens is 4. The van der Waals surface area contributed by atoms with Crippen LogP contribution in [0.4, 0.5) is 0 Å². The van der Waals surface area contributed by atoms with Crippen LogP contribution in [0.1, 0.15) is 46.2 Å². The molecular weight excluding hydrogens is 326 g/mol. The maximum absolute atomic E-state index is 12.8. The fourth-order valence-corrected chi connectivity index (χ4v) is 3.37. The second-order valence-electron chi connectivity index (χ2n) is 6.56. The van der Waals surface area contributed by atoms with Crippen LogP contribution in [0.25, 0.3) is 0 Å². The molecule has 1 aromatic carbocycles. The fraction of sp³-hybridized carbons (Fsp3) is 0.300. The highest BCUT2D eigenvalue weighted by atomic mass is 16.1. The Balaban J connectivity index is 1.56. The normalized spacial score (nSPS) is 14.5. The fourth-order valence-electron chi connectivity index (χ4n) is 3.37. The van der Waals surface area contributed by atoms with Crippen molar-refractivity contribution in [2.45, 2.75) is 38.3 Å². The first-order valence-electron chi connectivity index (χ1n) is 8.96. The molecule has 0 spiro atoms. The van der Waals surface area contributed by atoms with Crippen LogP contribution in [0, 0.1) is 0 Å². The summed E-state index contributed by atoms with van der Waals surface area (Å²) in [5.74, 6) is -0.160. The minimum absolute atomic E-state index is 0.160. The lowest BCUT2D eigenvalue weighted by Gasteiger charge is -2.20. The lowest BCUT2D eigenvalue weighted by Crippen LogP contribution is -2.32. The molecule has 3 aromatic rings. The number of carbonyl (C=O) groups is 1. The summed E-state index contributed by atoms with van der Waals surface area (Å²) < 4.78 is 1.72. The van der Waals surface area contributed by atoms with Crippen LogP contribution >= 0.6 is 0 Å². The van der Waals surface area contributed by atoms with E-state index in [-0.39, 0.29) is 11.9 Å². The van der Waals surface area contributed by atoms with Gasteiger partial charge in [-0.1, -0.05) is 36.4 Å². The number of rotatable bonds is 5. The number of nitrogens with zero attached hydrogens (tertiary/aromatic N) is 4. The van der Waals surface area contributed by atoms with E-state index in [4.69, 9.17) is 0 Å². The molecule has 6 nitrogen and oxygen atoms in total. The molecule has 1 aliphatic carbocycles. The quantitative estimate of drug-likeness (QED) is 0.770. The Kier molecular flexibility index (Phi) is 4.73. The molecule has 6 heteroatoms. The monoisotopic (exact) mass is 347 g/mol. The molecule has 0 radical (unpaired) electrons. The SMILES string of the molecule is O=C(N[C@H](Cn1cncn1)c1ccccc1)c1ccc2c(n1)CCCC2. The number of nitrogens with one attached hydrogen (secondary N) is 1. The van der Waals surface area contributed by atoms with E-state index in [1.165, 1.54) is 18.3 Å². The highest BCUT2D eigenvalue weighted by Gasteiger charge is 2.19. The molecule has 26 heavy (non-hydrogen) atoms. The molecule has 1 N–H and O–H groups in total. The van der Waals surface area contributed by atoms with E-state index < -0.39 is 0 Å². The van der Waals surface area contributed by atoms with Gasteiger partial charge in [0, 0.05) is 5.69 Å². The summed E-state index contributed by atoms with van der Waals surface area (Å²) in [5, 5.41) is 7.26. The van der Waals surface area contributed by atoms with E-state index in [1.807, 2.05) is 42.5 Å². The minimum Gasteiger partial charge on any atom is -0.342 e. The first-order chi connectivity index (χ1) is 12.8. The third kappa shape index (κ3) is 3.64.